The zero-order valence-corrected chi connectivity index (χ0v) is 27.1. The summed E-state index contributed by atoms with van der Waals surface area (Å²) in [5.74, 6) is -0.964. The minimum absolute atomic E-state index is 0.111. The van der Waals surface area contributed by atoms with Gasteiger partial charge in [0, 0.05) is 36.4 Å². The standard InChI is InChI=1S/C33H32ClF4N7O3/c1-18(46-3)16-45-27(40-25-13-20(15-39-30(25)45)29-41-31(43-42-29)33(36,37)38)17-44-11-9-19(10-12-44)22-5-4-6-26-28(22)48-32(2,47-26)23-8-7-21(34)14-24(23)35/h4-8,13-15,18-19H,9-12,16-17H2,1-3H3,(H,41,42,43)/t18-,32+/m1/s1. The number of fused-ring (bicyclic) bond motifs is 2. The molecule has 10 nitrogen and oxygen atoms in total. The lowest BCUT2D eigenvalue weighted by Gasteiger charge is -2.32. The summed E-state index contributed by atoms with van der Waals surface area (Å²) >= 11 is 5.97. The predicted molar refractivity (Wildman–Crippen MR) is 168 cm³/mol. The second kappa shape index (κ2) is 12.3. The van der Waals surface area contributed by atoms with Crippen LogP contribution in [-0.2, 0) is 29.8 Å². The van der Waals surface area contributed by atoms with Crippen LogP contribution in [0.2, 0.25) is 5.02 Å². The molecule has 0 amide bonds. The van der Waals surface area contributed by atoms with Crippen LogP contribution >= 0.6 is 11.6 Å². The minimum Gasteiger partial charge on any atom is -0.444 e. The summed E-state index contributed by atoms with van der Waals surface area (Å²) < 4.78 is 74.2. The fourth-order valence-corrected chi connectivity index (χ4v) is 6.54. The highest BCUT2D eigenvalue weighted by molar-refractivity contribution is 6.30. The number of benzene rings is 2. The Hall–Kier alpha value is -4.27. The van der Waals surface area contributed by atoms with Gasteiger partial charge in [0.15, 0.2) is 23.0 Å². The van der Waals surface area contributed by atoms with Crippen LogP contribution in [0, 0.1) is 5.82 Å². The number of hydrogen-bond donors (Lipinski definition) is 1. The molecule has 1 saturated heterocycles. The van der Waals surface area contributed by atoms with Gasteiger partial charge in [-0.25, -0.2) is 19.3 Å². The summed E-state index contributed by atoms with van der Waals surface area (Å²) in [6.45, 7) is 6.22. The first kappa shape index (κ1) is 32.3. The first-order chi connectivity index (χ1) is 22.9. The zero-order valence-electron chi connectivity index (χ0n) is 26.3. The lowest BCUT2D eigenvalue weighted by Crippen LogP contribution is -2.34. The van der Waals surface area contributed by atoms with Crippen molar-refractivity contribution in [3.8, 4) is 22.9 Å². The van der Waals surface area contributed by atoms with Crippen LogP contribution in [0.25, 0.3) is 22.6 Å². The van der Waals surface area contributed by atoms with Gasteiger partial charge in [-0.3, -0.25) is 10.00 Å². The molecule has 0 radical (unpaired) electrons. The second-order valence-corrected chi connectivity index (χ2v) is 12.7. The lowest BCUT2D eigenvalue weighted by atomic mass is 9.88. The van der Waals surface area contributed by atoms with Gasteiger partial charge in [0.1, 0.15) is 17.2 Å². The monoisotopic (exact) mass is 685 g/mol. The van der Waals surface area contributed by atoms with Gasteiger partial charge in [-0.2, -0.15) is 18.3 Å². The molecular weight excluding hydrogens is 654 g/mol. The Morgan fingerprint density at radius 2 is 1.92 bits per heavy atom. The maximum absolute atomic E-state index is 14.9. The van der Waals surface area contributed by atoms with Gasteiger partial charge in [0.25, 0.3) is 5.79 Å². The number of halogens is 5. The second-order valence-electron chi connectivity index (χ2n) is 12.3. The molecule has 2 aliphatic rings. The number of methoxy groups -OCH3 is 1. The molecule has 0 spiro atoms. The minimum atomic E-state index is -4.64. The Morgan fingerprint density at radius 3 is 2.62 bits per heavy atom. The Morgan fingerprint density at radius 1 is 1.12 bits per heavy atom. The number of alkyl halides is 3. The normalized spacial score (nSPS) is 19.3. The molecule has 0 saturated carbocycles. The topological polar surface area (TPSA) is 103 Å². The summed E-state index contributed by atoms with van der Waals surface area (Å²) in [5.41, 5.74) is 2.72. The summed E-state index contributed by atoms with van der Waals surface area (Å²) in [7, 11) is 1.63. The third kappa shape index (κ3) is 6.08. The number of aromatic amines is 1. The smallest absolute Gasteiger partial charge is 0.444 e. The maximum Gasteiger partial charge on any atom is 0.451 e. The van der Waals surface area contributed by atoms with Crippen LogP contribution in [0.3, 0.4) is 0 Å². The summed E-state index contributed by atoms with van der Waals surface area (Å²) in [6, 6.07) is 11.9. The van der Waals surface area contributed by atoms with Crippen molar-refractivity contribution >= 4 is 22.8 Å². The van der Waals surface area contributed by atoms with Crippen molar-refractivity contribution in [3.63, 3.8) is 0 Å². The molecule has 15 heteroatoms. The molecule has 3 aromatic heterocycles. The molecule has 0 bridgehead atoms. The van der Waals surface area contributed by atoms with Crippen molar-refractivity contribution in [3.05, 3.63) is 82.3 Å². The molecule has 0 unspecified atom stereocenters. The molecule has 5 aromatic rings. The first-order valence-corrected chi connectivity index (χ1v) is 15.9. The van der Waals surface area contributed by atoms with Gasteiger partial charge in [-0.1, -0.05) is 23.7 Å². The Balaban J connectivity index is 1.09. The number of nitrogens with one attached hydrogen (secondary N) is 1. The van der Waals surface area contributed by atoms with E-state index in [0.29, 0.717) is 46.3 Å². The molecule has 48 heavy (non-hydrogen) atoms. The number of para-hydroxylation sites is 1. The van der Waals surface area contributed by atoms with E-state index in [1.54, 1.807) is 32.2 Å². The van der Waals surface area contributed by atoms with Crippen molar-refractivity contribution in [2.45, 2.75) is 63.8 Å². The average Bonchev–Trinajstić information content (AvgIpc) is 3.77. The molecule has 1 N–H and O–H groups in total. The highest BCUT2D eigenvalue weighted by Crippen LogP contribution is 2.50. The number of aromatic nitrogens is 6. The van der Waals surface area contributed by atoms with Crippen molar-refractivity contribution in [2.75, 3.05) is 20.2 Å². The Kier molecular flexibility index (Phi) is 8.28. The van der Waals surface area contributed by atoms with Gasteiger partial charge in [0.2, 0.25) is 5.82 Å². The van der Waals surface area contributed by atoms with Gasteiger partial charge in [-0.15, -0.1) is 0 Å². The lowest BCUT2D eigenvalue weighted by molar-refractivity contribution is -0.144. The number of nitrogens with zero attached hydrogens (tertiary/aromatic N) is 6. The van der Waals surface area contributed by atoms with Gasteiger partial charge in [0.05, 0.1) is 24.8 Å². The van der Waals surface area contributed by atoms with Crippen molar-refractivity contribution in [1.82, 2.24) is 34.6 Å². The Bertz CT molecular complexity index is 1970. The highest BCUT2D eigenvalue weighted by atomic mass is 35.5. The largest absolute Gasteiger partial charge is 0.451 e. The van der Waals surface area contributed by atoms with Gasteiger partial charge in [-0.05, 0) is 69.1 Å². The molecular formula is C33H32ClF4N7O3. The number of rotatable bonds is 8. The predicted octanol–water partition coefficient (Wildman–Crippen LogP) is 7.09. The summed E-state index contributed by atoms with van der Waals surface area (Å²) in [6.07, 6.45) is -1.64. The molecule has 7 rings (SSSR count). The van der Waals surface area contributed by atoms with E-state index >= 15 is 0 Å². The maximum atomic E-state index is 14.9. The van der Waals surface area contributed by atoms with Crippen molar-refractivity contribution < 1.29 is 31.8 Å². The molecule has 2 aromatic carbocycles. The fraction of sp³-hybridized carbons (Fsp3) is 0.394. The van der Waals surface area contributed by atoms with Crippen molar-refractivity contribution in [1.29, 1.82) is 0 Å². The molecule has 252 valence electrons. The van der Waals surface area contributed by atoms with Crippen LogP contribution in [0.4, 0.5) is 17.6 Å². The number of piperidine rings is 1. The van der Waals surface area contributed by atoms with Crippen LogP contribution in [0.1, 0.15) is 55.4 Å². The third-order valence-electron chi connectivity index (χ3n) is 8.94. The molecule has 2 atom stereocenters. The van der Waals surface area contributed by atoms with E-state index in [4.69, 9.17) is 30.8 Å². The Labute approximate surface area is 278 Å². The molecule has 2 aliphatic heterocycles. The van der Waals surface area contributed by atoms with E-state index in [0.717, 1.165) is 37.3 Å². The van der Waals surface area contributed by atoms with Crippen LogP contribution in [0.5, 0.6) is 11.5 Å². The number of H-pyrrole nitrogens is 1. The van der Waals surface area contributed by atoms with Crippen LogP contribution in [-0.4, -0.2) is 60.9 Å². The highest BCUT2D eigenvalue weighted by Gasteiger charge is 2.43. The SMILES string of the molecule is CO[C@H](C)Cn1c(CN2CCC(c3cccc4c3O[C@@](C)(c3ccc(Cl)cc3F)O4)CC2)nc2cc(-c3n[nH]c(C(F)(F)F)n3)cnc21. The fourth-order valence-electron chi connectivity index (χ4n) is 6.38. The van der Waals surface area contributed by atoms with Gasteiger partial charge < -0.3 is 18.8 Å². The molecule has 0 aliphatic carbocycles. The third-order valence-corrected chi connectivity index (χ3v) is 9.18. The number of hydrogen-bond acceptors (Lipinski definition) is 8. The zero-order chi connectivity index (χ0) is 33.8. The number of pyridine rings is 1. The quantitative estimate of drug-likeness (QED) is 0.173. The van der Waals surface area contributed by atoms with E-state index in [1.807, 2.05) is 34.8 Å². The molecule has 5 heterocycles. The van der Waals surface area contributed by atoms with Crippen molar-refractivity contribution in [2.24, 2.45) is 0 Å². The number of imidazole rings is 1. The number of ether oxygens (including phenoxy) is 3. The summed E-state index contributed by atoms with van der Waals surface area (Å²) in [5, 5.41) is 5.97. The van der Waals surface area contributed by atoms with E-state index < -0.39 is 23.6 Å². The molecule has 1 fully saturated rings. The van der Waals surface area contributed by atoms with Crippen LogP contribution in [0.15, 0.2) is 48.7 Å². The van der Waals surface area contributed by atoms with Gasteiger partial charge >= 0.3 is 6.18 Å². The summed E-state index contributed by atoms with van der Waals surface area (Å²) in [4.78, 5) is 15.3. The van der Waals surface area contributed by atoms with E-state index in [9.17, 15) is 17.6 Å². The first-order valence-electron chi connectivity index (χ1n) is 15.5. The van der Waals surface area contributed by atoms with E-state index in [2.05, 4.69) is 20.0 Å². The van der Waals surface area contributed by atoms with E-state index in [-0.39, 0.29) is 23.4 Å². The van der Waals surface area contributed by atoms with Crippen LogP contribution < -0.4 is 9.47 Å². The number of likely N-dealkylation sites (tertiary alicyclic amines) is 1. The average molecular weight is 686 g/mol. The van der Waals surface area contributed by atoms with E-state index in [1.165, 1.54) is 12.3 Å².